The molecule has 6 heteroatoms. The highest BCUT2D eigenvalue weighted by atomic mass is 16.6. The van der Waals surface area contributed by atoms with Crippen LogP contribution in [0.15, 0.2) is 42.5 Å². The van der Waals surface area contributed by atoms with Crippen LogP contribution in [-0.2, 0) is 9.59 Å². The van der Waals surface area contributed by atoms with Crippen molar-refractivity contribution < 1.29 is 19.1 Å². The molecule has 6 nitrogen and oxygen atoms in total. The number of hydrogen-bond donors (Lipinski definition) is 2. The van der Waals surface area contributed by atoms with E-state index in [1.165, 1.54) is 0 Å². The second-order valence-corrected chi connectivity index (χ2v) is 6.40. The van der Waals surface area contributed by atoms with Crippen LogP contribution in [0.3, 0.4) is 0 Å². The standard InChI is InChI=1S/C20H22N2O4/c1-13-7-14(2)9-15(8-13)22-20(24)10-19(23)21-11-16-12-25-17-5-3-4-6-18(17)26-16/h3-9,16H,10-12H2,1-2H3,(H,21,23)(H,22,24)/t16-/m1/s1. The second-order valence-electron chi connectivity index (χ2n) is 6.40. The zero-order chi connectivity index (χ0) is 18.5. The van der Waals surface area contributed by atoms with Crippen molar-refractivity contribution in [3.8, 4) is 11.5 Å². The molecule has 1 aliphatic rings. The Morgan fingerprint density at radius 3 is 2.46 bits per heavy atom. The van der Waals surface area contributed by atoms with Gasteiger partial charge in [0.1, 0.15) is 19.1 Å². The first-order valence-corrected chi connectivity index (χ1v) is 8.53. The highest BCUT2D eigenvalue weighted by molar-refractivity contribution is 6.03. The number of nitrogens with one attached hydrogen (secondary N) is 2. The van der Waals surface area contributed by atoms with Gasteiger partial charge in [0.15, 0.2) is 11.5 Å². The molecule has 0 saturated carbocycles. The van der Waals surface area contributed by atoms with Crippen molar-refractivity contribution in [3.63, 3.8) is 0 Å². The Balaban J connectivity index is 1.45. The Labute approximate surface area is 152 Å². The predicted octanol–water partition coefficient (Wildman–Crippen LogP) is 2.59. The Morgan fingerprint density at radius 1 is 1.04 bits per heavy atom. The molecule has 0 aliphatic carbocycles. The minimum atomic E-state index is -0.352. The van der Waals surface area contributed by atoms with Crippen molar-refractivity contribution in [3.05, 3.63) is 53.6 Å². The van der Waals surface area contributed by atoms with E-state index >= 15 is 0 Å². The summed E-state index contributed by atoms with van der Waals surface area (Å²) in [6.45, 7) is 4.55. The van der Waals surface area contributed by atoms with E-state index in [1.54, 1.807) is 0 Å². The van der Waals surface area contributed by atoms with Gasteiger partial charge >= 0.3 is 0 Å². The van der Waals surface area contributed by atoms with Gasteiger partial charge in [-0.2, -0.15) is 0 Å². The smallest absolute Gasteiger partial charge is 0.233 e. The molecule has 0 spiro atoms. The second kappa shape index (κ2) is 7.91. The largest absolute Gasteiger partial charge is 0.486 e. The Bertz CT molecular complexity index is 799. The van der Waals surface area contributed by atoms with Crippen molar-refractivity contribution in [2.45, 2.75) is 26.4 Å². The number of carbonyl (C=O) groups excluding carboxylic acids is 2. The summed E-state index contributed by atoms with van der Waals surface area (Å²) in [5.74, 6) is 0.654. The summed E-state index contributed by atoms with van der Waals surface area (Å²) >= 11 is 0. The maximum Gasteiger partial charge on any atom is 0.233 e. The Hall–Kier alpha value is -3.02. The van der Waals surface area contributed by atoms with Crippen LogP contribution in [0, 0.1) is 13.8 Å². The van der Waals surface area contributed by atoms with E-state index in [2.05, 4.69) is 10.6 Å². The lowest BCUT2D eigenvalue weighted by Gasteiger charge is -2.26. The van der Waals surface area contributed by atoms with E-state index in [4.69, 9.17) is 9.47 Å². The fourth-order valence-corrected chi connectivity index (χ4v) is 2.85. The summed E-state index contributed by atoms with van der Waals surface area (Å²) in [5, 5.41) is 5.47. The van der Waals surface area contributed by atoms with Gasteiger partial charge in [-0.15, -0.1) is 0 Å². The maximum absolute atomic E-state index is 12.0. The summed E-state index contributed by atoms with van der Waals surface area (Å²) in [5.41, 5.74) is 2.81. The average Bonchev–Trinajstić information content (AvgIpc) is 2.58. The van der Waals surface area contributed by atoms with Gasteiger partial charge in [-0.3, -0.25) is 9.59 Å². The third-order valence-electron chi connectivity index (χ3n) is 3.92. The lowest BCUT2D eigenvalue weighted by Crippen LogP contribution is -2.41. The van der Waals surface area contributed by atoms with Crippen molar-refractivity contribution >= 4 is 17.5 Å². The fourth-order valence-electron chi connectivity index (χ4n) is 2.85. The van der Waals surface area contributed by atoms with Gasteiger partial charge in [0.05, 0.1) is 6.54 Å². The van der Waals surface area contributed by atoms with Crippen molar-refractivity contribution in [2.24, 2.45) is 0 Å². The molecule has 0 unspecified atom stereocenters. The molecular weight excluding hydrogens is 332 g/mol. The molecule has 3 rings (SSSR count). The topological polar surface area (TPSA) is 76.7 Å². The predicted molar refractivity (Wildman–Crippen MR) is 98.5 cm³/mol. The molecule has 0 bridgehead atoms. The van der Waals surface area contributed by atoms with Crippen LogP contribution in [-0.4, -0.2) is 31.1 Å². The molecular formula is C20H22N2O4. The first-order valence-electron chi connectivity index (χ1n) is 8.53. The average molecular weight is 354 g/mol. The normalized spacial score (nSPS) is 15.2. The number of benzene rings is 2. The van der Waals surface area contributed by atoms with Crippen molar-refractivity contribution in [2.75, 3.05) is 18.5 Å². The first kappa shape index (κ1) is 17.8. The number of anilines is 1. The zero-order valence-corrected chi connectivity index (χ0v) is 14.9. The first-order chi connectivity index (χ1) is 12.5. The minimum Gasteiger partial charge on any atom is -0.486 e. The molecule has 2 aromatic rings. The van der Waals surface area contributed by atoms with Crippen LogP contribution < -0.4 is 20.1 Å². The third-order valence-corrected chi connectivity index (χ3v) is 3.92. The lowest BCUT2D eigenvalue weighted by atomic mass is 10.1. The number of aryl methyl sites for hydroxylation is 2. The molecule has 1 aliphatic heterocycles. The molecule has 2 N–H and O–H groups in total. The van der Waals surface area contributed by atoms with Crippen LogP contribution in [0.5, 0.6) is 11.5 Å². The van der Waals surface area contributed by atoms with Crippen molar-refractivity contribution in [1.82, 2.24) is 5.32 Å². The van der Waals surface area contributed by atoms with Crippen LogP contribution in [0.4, 0.5) is 5.69 Å². The summed E-state index contributed by atoms with van der Waals surface area (Å²) in [6, 6.07) is 13.1. The summed E-state index contributed by atoms with van der Waals surface area (Å²) in [4.78, 5) is 24.0. The number of ether oxygens (including phenoxy) is 2. The molecule has 0 radical (unpaired) electrons. The van der Waals surface area contributed by atoms with E-state index in [1.807, 2.05) is 56.3 Å². The van der Waals surface area contributed by atoms with Gasteiger partial charge < -0.3 is 20.1 Å². The SMILES string of the molecule is Cc1cc(C)cc(NC(=O)CC(=O)NC[C@@H]2COc3ccccc3O2)c1. The Kier molecular flexibility index (Phi) is 5.41. The van der Waals surface area contributed by atoms with Crippen LogP contribution in [0.2, 0.25) is 0 Å². The monoisotopic (exact) mass is 354 g/mol. The molecule has 2 aromatic carbocycles. The molecule has 26 heavy (non-hydrogen) atoms. The van der Waals surface area contributed by atoms with E-state index in [0.29, 0.717) is 23.8 Å². The Morgan fingerprint density at radius 2 is 1.73 bits per heavy atom. The maximum atomic E-state index is 12.0. The molecule has 0 saturated heterocycles. The van der Waals surface area contributed by atoms with Crippen LogP contribution in [0.25, 0.3) is 0 Å². The van der Waals surface area contributed by atoms with Crippen molar-refractivity contribution in [1.29, 1.82) is 0 Å². The summed E-state index contributed by atoms with van der Waals surface area (Å²) in [6.07, 6.45) is -0.520. The zero-order valence-electron chi connectivity index (χ0n) is 14.9. The molecule has 136 valence electrons. The molecule has 2 amide bonds. The van der Waals surface area contributed by atoms with Gasteiger partial charge in [-0.1, -0.05) is 18.2 Å². The van der Waals surface area contributed by atoms with Gasteiger partial charge in [0.2, 0.25) is 11.8 Å². The van der Waals surface area contributed by atoms with Gasteiger partial charge in [0, 0.05) is 5.69 Å². The van der Waals surface area contributed by atoms with E-state index in [0.717, 1.165) is 11.1 Å². The highest BCUT2D eigenvalue weighted by Crippen LogP contribution is 2.30. The highest BCUT2D eigenvalue weighted by Gasteiger charge is 2.21. The number of amides is 2. The summed E-state index contributed by atoms with van der Waals surface area (Å²) in [7, 11) is 0. The summed E-state index contributed by atoms with van der Waals surface area (Å²) < 4.78 is 11.4. The molecule has 0 fully saturated rings. The minimum absolute atomic E-state index is 0.239. The molecule has 0 aromatic heterocycles. The number of rotatable bonds is 5. The fraction of sp³-hybridized carbons (Fsp3) is 0.300. The van der Waals surface area contributed by atoms with Crippen LogP contribution >= 0.6 is 0 Å². The molecule has 1 heterocycles. The van der Waals surface area contributed by atoms with E-state index in [9.17, 15) is 9.59 Å². The number of carbonyl (C=O) groups is 2. The quantitative estimate of drug-likeness (QED) is 0.809. The third kappa shape index (κ3) is 4.75. The molecule has 1 atom stereocenters. The van der Waals surface area contributed by atoms with E-state index < -0.39 is 0 Å². The number of hydrogen-bond acceptors (Lipinski definition) is 4. The number of para-hydroxylation sites is 2. The van der Waals surface area contributed by atoms with Crippen LogP contribution in [0.1, 0.15) is 17.5 Å². The van der Waals surface area contributed by atoms with Gasteiger partial charge in [-0.25, -0.2) is 0 Å². The van der Waals surface area contributed by atoms with Gasteiger partial charge in [-0.05, 0) is 49.2 Å². The lowest BCUT2D eigenvalue weighted by molar-refractivity contribution is -0.127. The van der Waals surface area contributed by atoms with E-state index in [-0.39, 0.29) is 30.9 Å². The number of fused-ring (bicyclic) bond motifs is 1. The van der Waals surface area contributed by atoms with Gasteiger partial charge in [0.25, 0.3) is 0 Å².